The first-order valence-corrected chi connectivity index (χ1v) is 11.8. The van der Waals surface area contributed by atoms with E-state index in [4.69, 9.17) is 9.26 Å². The van der Waals surface area contributed by atoms with E-state index >= 15 is 0 Å². The van der Waals surface area contributed by atoms with Crippen LogP contribution in [0.5, 0.6) is 0 Å². The molecule has 0 bridgehead atoms. The zero-order valence-corrected chi connectivity index (χ0v) is 20.5. The first kappa shape index (κ1) is 25.0. The molecular weight excluding hydrogens is 468 g/mol. The Morgan fingerprint density at radius 2 is 1.83 bits per heavy atom. The Bertz CT molecular complexity index is 1360. The zero-order chi connectivity index (χ0) is 25.8. The number of carbonyl (C=O) groups is 2. The third-order valence-electron chi connectivity index (χ3n) is 6.15. The lowest BCUT2D eigenvalue weighted by Gasteiger charge is -2.30. The number of amides is 1. The minimum atomic E-state index is -0.656. The van der Waals surface area contributed by atoms with Crippen molar-refractivity contribution in [3.8, 4) is 17.2 Å². The molecule has 1 aliphatic heterocycles. The average molecular weight is 497 g/mol. The number of carbonyl (C=O) groups excluding carboxylic acids is 2. The lowest BCUT2D eigenvalue weighted by Crippen LogP contribution is -2.40. The van der Waals surface area contributed by atoms with E-state index < -0.39 is 11.2 Å². The highest BCUT2D eigenvalue weighted by atomic mass is 16.5. The maximum atomic E-state index is 12.7. The largest absolute Gasteiger partial charge is 0.466 e. The van der Waals surface area contributed by atoms with Crippen LogP contribution >= 0.6 is 0 Å². The second-order valence-electron chi connectivity index (χ2n) is 8.66. The number of aryl methyl sites for hydroxylation is 2. The van der Waals surface area contributed by atoms with Gasteiger partial charge in [0.05, 0.1) is 18.2 Å². The molecule has 0 N–H and O–H groups in total. The van der Waals surface area contributed by atoms with Gasteiger partial charge in [0.25, 0.3) is 5.56 Å². The number of rotatable bonds is 7. The molecule has 0 spiro atoms. The quantitative estimate of drug-likeness (QED) is 0.438. The fraction of sp³-hybridized carbons (Fsp3) is 0.458. The highest BCUT2D eigenvalue weighted by Gasteiger charge is 2.28. The molecule has 190 valence electrons. The van der Waals surface area contributed by atoms with Gasteiger partial charge in [-0.1, -0.05) is 22.9 Å². The van der Waals surface area contributed by atoms with Gasteiger partial charge in [0.15, 0.2) is 5.69 Å². The first-order valence-electron chi connectivity index (χ1n) is 11.8. The Morgan fingerprint density at radius 1 is 1.14 bits per heavy atom. The number of hydrogen-bond donors (Lipinski definition) is 0. The molecule has 0 saturated carbocycles. The summed E-state index contributed by atoms with van der Waals surface area (Å²) in [5.41, 5.74) is 0.103. The molecule has 3 heterocycles. The van der Waals surface area contributed by atoms with Gasteiger partial charge in [-0.25, -0.2) is 4.79 Å². The highest BCUT2D eigenvalue weighted by Crippen LogP contribution is 2.20. The molecule has 1 aromatic carbocycles. The molecule has 0 unspecified atom stereocenters. The first-order chi connectivity index (χ1) is 17.3. The maximum absolute atomic E-state index is 12.7. The second-order valence-corrected chi connectivity index (χ2v) is 8.66. The van der Waals surface area contributed by atoms with Gasteiger partial charge in [-0.3, -0.25) is 19.0 Å². The summed E-state index contributed by atoms with van der Waals surface area (Å²) in [6.45, 7) is 5.01. The fourth-order valence-corrected chi connectivity index (χ4v) is 4.02. The van der Waals surface area contributed by atoms with Crippen molar-refractivity contribution < 1.29 is 18.8 Å². The van der Waals surface area contributed by atoms with E-state index in [2.05, 4.69) is 15.2 Å². The van der Waals surface area contributed by atoms with E-state index in [9.17, 15) is 19.2 Å². The van der Waals surface area contributed by atoms with E-state index in [1.807, 2.05) is 19.1 Å². The summed E-state index contributed by atoms with van der Waals surface area (Å²) >= 11 is 0. The zero-order valence-electron chi connectivity index (χ0n) is 20.5. The molecular formula is C24H28N6O6. The number of ether oxygens (including phenoxy) is 1. The molecule has 1 aliphatic rings. The number of esters is 1. The van der Waals surface area contributed by atoms with Crippen molar-refractivity contribution in [1.29, 1.82) is 0 Å². The minimum Gasteiger partial charge on any atom is -0.466 e. The van der Waals surface area contributed by atoms with Gasteiger partial charge in [0, 0.05) is 33.0 Å². The molecule has 1 fully saturated rings. The molecule has 0 aliphatic carbocycles. The standard InChI is InChI=1S/C24H28N6O6/c1-4-35-23(33)16-11-13-29(14-12-16)19(31)10-9-18-25-21(27-36-18)20-22(32)28(3)24(34)30(26-20)17-7-5-15(2)6-8-17/h5-8,16H,4,9-14H2,1-3H3. The van der Waals surface area contributed by atoms with Crippen LogP contribution in [0.15, 0.2) is 38.4 Å². The van der Waals surface area contributed by atoms with Crippen molar-refractivity contribution in [2.45, 2.75) is 39.5 Å². The molecule has 12 heteroatoms. The van der Waals surface area contributed by atoms with Gasteiger partial charge in [-0.2, -0.15) is 14.8 Å². The topological polar surface area (TPSA) is 142 Å². The monoisotopic (exact) mass is 496 g/mol. The molecule has 1 amide bonds. The molecule has 36 heavy (non-hydrogen) atoms. The average Bonchev–Trinajstić information content (AvgIpc) is 3.36. The van der Waals surface area contributed by atoms with E-state index in [1.54, 1.807) is 24.0 Å². The van der Waals surface area contributed by atoms with Crippen LogP contribution in [0.3, 0.4) is 0 Å². The molecule has 2 aromatic heterocycles. The molecule has 1 saturated heterocycles. The van der Waals surface area contributed by atoms with Gasteiger partial charge < -0.3 is 14.2 Å². The van der Waals surface area contributed by atoms with E-state index in [0.29, 0.717) is 38.2 Å². The van der Waals surface area contributed by atoms with Crippen LogP contribution in [0.25, 0.3) is 17.2 Å². The summed E-state index contributed by atoms with van der Waals surface area (Å²) in [4.78, 5) is 55.8. The lowest BCUT2D eigenvalue weighted by molar-refractivity contribution is -0.151. The van der Waals surface area contributed by atoms with Crippen molar-refractivity contribution in [3.63, 3.8) is 0 Å². The molecule has 0 atom stereocenters. The third kappa shape index (κ3) is 5.26. The molecule has 4 rings (SSSR count). The lowest BCUT2D eigenvalue weighted by atomic mass is 9.97. The van der Waals surface area contributed by atoms with Crippen LogP contribution in [-0.2, 0) is 27.8 Å². The van der Waals surface area contributed by atoms with Crippen molar-refractivity contribution >= 4 is 11.9 Å². The predicted molar refractivity (Wildman–Crippen MR) is 127 cm³/mol. The van der Waals surface area contributed by atoms with Crippen LogP contribution in [0, 0.1) is 12.8 Å². The van der Waals surface area contributed by atoms with Crippen molar-refractivity contribution in [1.82, 2.24) is 29.4 Å². The normalized spacial score (nSPS) is 14.1. The second kappa shape index (κ2) is 10.7. The van der Waals surface area contributed by atoms with E-state index in [-0.39, 0.29) is 48.0 Å². The number of aromatic nitrogens is 5. The Balaban J connectivity index is 1.44. The van der Waals surface area contributed by atoms with Gasteiger partial charge in [-0.15, -0.1) is 0 Å². The summed E-state index contributed by atoms with van der Waals surface area (Å²) in [7, 11) is 1.35. The van der Waals surface area contributed by atoms with Gasteiger partial charge in [0.2, 0.25) is 17.6 Å². The third-order valence-corrected chi connectivity index (χ3v) is 6.15. The van der Waals surface area contributed by atoms with Crippen LogP contribution in [0.2, 0.25) is 0 Å². The Hall–Kier alpha value is -4.09. The van der Waals surface area contributed by atoms with Gasteiger partial charge in [0.1, 0.15) is 0 Å². The number of likely N-dealkylation sites (tertiary alicyclic amines) is 1. The number of hydrogen-bond acceptors (Lipinski definition) is 9. The van der Waals surface area contributed by atoms with Crippen molar-refractivity contribution in [2.24, 2.45) is 13.0 Å². The Kier molecular flexibility index (Phi) is 7.41. The fourth-order valence-electron chi connectivity index (χ4n) is 4.02. The van der Waals surface area contributed by atoms with Crippen LogP contribution < -0.4 is 11.2 Å². The van der Waals surface area contributed by atoms with Crippen LogP contribution in [-0.4, -0.2) is 61.0 Å². The number of piperidine rings is 1. The summed E-state index contributed by atoms with van der Waals surface area (Å²) < 4.78 is 12.4. The summed E-state index contributed by atoms with van der Waals surface area (Å²) in [6, 6.07) is 7.11. The van der Waals surface area contributed by atoms with E-state index in [1.165, 1.54) is 7.05 Å². The summed E-state index contributed by atoms with van der Waals surface area (Å²) in [5, 5.41) is 8.04. The van der Waals surface area contributed by atoms with Crippen LogP contribution in [0.4, 0.5) is 0 Å². The smallest absolute Gasteiger partial charge is 0.351 e. The van der Waals surface area contributed by atoms with Gasteiger partial charge in [-0.05, 0) is 38.8 Å². The summed E-state index contributed by atoms with van der Waals surface area (Å²) in [6.07, 6.45) is 1.46. The predicted octanol–water partition coefficient (Wildman–Crippen LogP) is 1.02. The SMILES string of the molecule is CCOC(=O)C1CCN(C(=O)CCc2nc(-c3nn(-c4ccc(C)cc4)c(=O)n(C)c3=O)no2)CC1. The van der Waals surface area contributed by atoms with Crippen molar-refractivity contribution in [2.75, 3.05) is 19.7 Å². The van der Waals surface area contributed by atoms with Crippen molar-refractivity contribution in [3.05, 3.63) is 56.6 Å². The highest BCUT2D eigenvalue weighted by molar-refractivity contribution is 5.77. The maximum Gasteiger partial charge on any atom is 0.351 e. The van der Waals surface area contributed by atoms with Crippen LogP contribution in [0.1, 0.15) is 37.6 Å². The Labute approximate surface area is 206 Å². The summed E-state index contributed by atoms with van der Waals surface area (Å²) in [5.74, 6) is -0.355. The number of benzene rings is 1. The Morgan fingerprint density at radius 3 is 2.50 bits per heavy atom. The molecule has 3 aromatic rings. The number of nitrogens with zero attached hydrogens (tertiary/aromatic N) is 6. The molecule has 12 nitrogen and oxygen atoms in total. The van der Waals surface area contributed by atoms with Gasteiger partial charge >= 0.3 is 11.7 Å². The molecule has 0 radical (unpaired) electrons. The van der Waals surface area contributed by atoms with E-state index in [0.717, 1.165) is 14.8 Å². The minimum absolute atomic E-state index is 0.0610.